The van der Waals surface area contributed by atoms with Crippen LogP contribution in [0.25, 0.3) is 0 Å². The van der Waals surface area contributed by atoms with Gasteiger partial charge >= 0.3 is 5.97 Å². The highest BCUT2D eigenvalue weighted by Crippen LogP contribution is 2.17. The molecule has 0 aliphatic heterocycles. The molecule has 3 unspecified atom stereocenters. The Morgan fingerprint density at radius 1 is 0.500 bits per heavy atom. The van der Waals surface area contributed by atoms with E-state index in [0.717, 1.165) is 77.0 Å². The summed E-state index contributed by atoms with van der Waals surface area (Å²) in [6, 6.07) is -0.709. The van der Waals surface area contributed by atoms with Gasteiger partial charge in [-0.3, -0.25) is 9.59 Å². The van der Waals surface area contributed by atoms with Crippen LogP contribution in [-0.2, 0) is 14.3 Å². The number of unbranched alkanes of at least 4 members (excludes halogenated alkanes) is 29. The largest absolute Gasteiger partial charge is 0.462 e. The average molecular weight is 844 g/mol. The second kappa shape index (κ2) is 48.1. The summed E-state index contributed by atoms with van der Waals surface area (Å²) in [5.41, 5.74) is 0. The first-order valence-electron chi connectivity index (χ1n) is 26.2. The predicted octanol–water partition coefficient (Wildman–Crippen LogP) is 15.7. The van der Waals surface area contributed by atoms with E-state index in [1.165, 1.54) is 148 Å². The molecule has 0 aliphatic rings. The average Bonchev–Trinajstić information content (AvgIpc) is 3.24. The molecular weight excluding hydrogens is 743 g/mol. The standard InChI is InChI=1S/C54H101NO5/c1-4-7-10-13-16-19-22-24-26-27-28-31-34-37-40-43-46-52(57)51(49-56)55-53(58)48-50(45-42-39-36-33-30-21-18-15-12-9-6-3)60-54(59)47-44-41-38-35-32-29-25-23-20-17-14-11-8-5-2/h8,11,17,20,33,36,50-52,56-57H,4-7,9-10,12-16,18-19,21-32,34-35,37-49H2,1-3H3,(H,55,58)/b11-8+,20-17+,36-33-. The van der Waals surface area contributed by atoms with E-state index in [9.17, 15) is 19.8 Å². The summed E-state index contributed by atoms with van der Waals surface area (Å²) in [6.45, 7) is 6.37. The van der Waals surface area contributed by atoms with Crippen molar-refractivity contribution in [2.24, 2.45) is 0 Å². The van der Waals surface area contributed by atoms with E-state index >= 15 is 0 Å². The van der Waals surface area contributed by atoms with Crippen molar-refractivity contribution in [2.45, 2.75) is 289 Å². The summed E-state index contributed by atoms with van der Waals surface area (Å²) in [7, 11) is 0. The predicted molar refractivity (Wildman–Crippen MR) is 259 cm³/mol. The Kier molecular flexibility index (Phi) is 46.6. The van der Waals surface area contributed by atoms with E-state index in [2.05, 4.69) is 62.5 Å². The van der Waals surface area contributed by atoms with Gasteiger partial charge in [0.2, 0.25) is 5.91 Å². The zero-order valence-corrected chi connectivity index (χ0v) is 40.1. The fourth-order valence-corrected chi connectivity index (χ4v) is 8.00. The van der Waals surface area contributed by atoms with Crippen molar-refractivity contribution in [3.63, 3.8) is 0 Å². The minimum atomic E-state index is -0.793. The maximum absolute atomic E-state index is 13.2. The number of esters is 1. The fraction of sp³-hybridized carbons (Fsp3) is 0.852. The van der Waals surface area contributed by atoms with Crippen molar-refractivity contribution in [3.05, 3.63) is 36.5 Å². The van der Waals surface area contributed by atoms with Gasteiger partial charge in [0.15, 0.2) is 0 Å². The number of aliphatic hydroxyl groups is 2. The van der Waals surface area contributed by atoms with Crippen molar-refractivity contribution < 1.29 is 24.5 Å². The Balaban J connectivity index is 4.51. The SMILES string of the molecule is CC/C=C/C/C=C/CCCCCCCCCC(=O)OC(CCC/C=C\CCCCCCCC)CC(=O)NC(CO)C(O)CCCCCCCCCCCCCCCCCC. The van der Waals surface area contributed by atoms with E-state index < -0.39 is 18.2 Å². The molecule has 3 atom stereocenters. The Hall–Kier alpha value is -1.92. The Morgan fingerprint density at radius 3 is 1.40 bits per heavy atom. The first-order chi connectivity index (χ1) is 29.5. The van der Waals surface area contributed by atoms with Crippen LogP contribution in [-0.4, -0.2) is 46.9 Å². The summed E-state index contributed by atoms with van der Waals surface area (Å²) in [4.78, 5) is 26.1. The smallest absolute Gasteiger partial charge is 0.306 e. The quantitative estimate of drug-likeness (QED) is 0.0322. The lowest BCUT2D eigenvalue weighted by Gasteiger charge is -2.24. The number of rotatable bonds is 47. The van der Waals surface area contributed by atoms with Gasteiger partial charge in [0.05, 0.1) is 25.2 Å². The molecule has 1 amide bonds. The third-order valence-electron chi connectivity index (χ3n) is 12.0. The summed E-state index contributed by atoms with van der Waals surface area (Å²) in [5.74, 6) is -0.505. The van der Waals surface area contributed by atoms with Crippen molar-refractivity contribution in [2.75, 3.05) is 6.61 Å². The molecule has 6 heteroatoms. The van der Waals surface area contributed by atoms with Crippen LogP contribution in [0.5, 0.6) is 0 Å². The Morgan fingerprint density at radius 2 is 0.917 bits per heavy atom. The normalized spacial score (nSPS) is 13.5. The molecule has 0 saturated heterocycles. The van der Waals surface area contributed by atoms with Crippen molar-refractivity contribution in [1.82, 2.24) is 5.32 Å². The van der Waals surface area contributed by atoms with Gasteiger partial charge in [-0.15, -0.1) is 0 Å². The Bertz CT molecular complexity index is 993. The van der Waals surface area contributed by atoms with Gasteiger partial charge in [0.1, 0.15) is 6.10 Å². The van der Waals surface area contributed by atoms with Crippen molar-refractivity contribution in [1.29, 1.82) is 0 Å². The second-order valence-electron chi connectivity index (χ2n) is 17.9. The van der Waals surface area contributed by atoms with Crippen LogP contribution < -0.4 is 5.32 Å². The van der Waals surface area contributed by atoms with Crippen LogP contribution in [0.2, 0.25) is 0 Å². The van der Waals surface area contributed by atoms with E-state index in [-0.39, 0.29) is 24.9 Å². The maximum Gasteiger partial charge on any atom is 0.306 e. The van der Waals surface area contributed by atoms with E-state index in [1.54, 1.807) is 0 Å². The number of nitrogens with one attached hydrogen (secondary N) is 1. The minimum absolute atomic E-state index is 0.0557. The lowest BCUT2D eigenvalue weighted by molar-refractivity contribution is -0.151. The van der Waals surface area contributed by atoms with Gasteiger partial charge in [0.25, 0.3) is 0 Å². The highest BCUT2D eigenvalue weighted by molar-refractivity contribution is 5.77. The summed E-state index contributed by atoms with van der Waals surface area (Å²) in [6.07, 6.45) is 56.4. The molecule has 0 rings (SSSR count). The van der Waals surface area contributed by atoms with Crippen LogP contribution in [0.15, 0.2) is 36.5 Å². The first kappa shape index (κ1) is 58.1. The number of ether oxygens (including phenoxy) is 1. The van der Waals surface area contributed by atoms with Gasteiger partial charge in [-0.25, -0.2) is 0 Å². The zero-order valence-electron chi connectivity index (χ0n) is 40.1. The monoisotopic (exact) mass is 844 g/mol. The van der Waals surface area contributed by atoms with Gasteiger partial charge in [-0.05, 0) is 70.6 Å². The Labute approximate surface area is 373 Å². The number of carbonyl (C=O) groups is 2. The third kappa shape index (κ3) is 42.8. The van der Waals surface area contributed by atoms with Gasteiger partial charge < -0.3 is 20.3 Å². The number of hydrogen-bond acceptors (Lipinski definition) is 5. The van der Waals surface area contributed by atoms with E-state index in [4.69, 9.17) is 4.74 Å². The number of hydrogen-bond donors (Lipinski definition) is 3. The second-order valence-corrected chi connectivity index (χ2v) is 17.9. The molecule has 0 fully saturated rings. The van der Waals surface area contributed by atoms with Crippen LogP contribution >= 0.6 is 0 Å². The molecule has 0 bridgehead atoms. The maximum atomic E-state index is 13.2. The van der Waals surface area contributed by atoms with E-state index in [1.807, 2.05) is 0 Å². The van der Waals surface area contributed by atoms with Crippen LogP contribution in [0, 0.1) is 0 Å². The molecule has 3 N–H and O–H groups in total. The first-order valence-corrected chi connectivity index (χ1v) is 26.2. The lowest BCUT2D eigenvalue weighted by Crippen LogP contribution is -2.46. The van der Waals surface area contributed by atoms with Crippen LogP contribution in [0.1, 0.15) is 271 Å². The van der Waals surface area contributed by atoms with Crippen LogP contribution in [0.4, 0.5) is 0 Å². The molecule has 60 heavy (non-hydrogen) atoms. The fourth-order valence-electron chi connectivity index (χ4n) is 8.00. The summed E-state index contributed by atoms with van der Waals surface area (Å²) < 4.78 is 5.91. The number of amides is 1. The van der Waals surface area contributed by atoms with E-state index in [0.29, 0.717) is 19.3 Å². The number of aliphatic hydroxyl groups excluding tert-OH is 2. The topological polar surface area (TPSA) is 95.9 Å². The van der Waals surface area contributed by atoms with Gasteiger partial charge in [-0.1, -0.05) is 224 Å². The van der Waals surface area contributed by atoms with Gasteiger partial charge in [-0.2, -0.15) is 0 Å². The molecule has 6 nitrogen and oxygen atoms in total. The molecule has 0 spiro atoms. The molecule has 0 heterocycles. The number of carbonyl (C=O) groups excluding carboxylic acids is 2. The molecule has 0 aliphatic carbocycles. The van der Waals surface area contributed by atoms with Gasteiger partial charge in [0, 0.05) is 6.42 Å². The molecular formula is C54H101NO5. The number of allylic oxidation sites excluding steroid dienone is 6. The molecule has 0 aromatic carbocycles. The van der Waals surface area contributed by atoms with Crippen molar-refractivity contribution >= 4 is 11.9 Å². The molecule has 0 aromatic rings. The highest BCUT2D eigenvalue weighted by atomic mass is 16.5. The highest BCUT2D eigenvalue weighted by Gasteiger charge is 2.24. The zero-order chi connectivity index (χ0) is 43.8. The third-order valence-corrected chi connectivity index (χ3v) is 12.0. The molecule has 0 aromatic heterocycles. The minimum Gasteiger partial charge on any atom is -0.462 e. The van der Waals surface area contributed by atoms with Crippen molar-refractivity contribution in [3.8, 4) is 0 Å². The summed E-state index contributed by atoms with van der Waals surface area (Å²) >= 11 is 0. The lowest BCUT2D eigenvalue weighted by atomic mass is 10.0. The molecule has 0 radical (unpaired) electrons. The van der Waals surface area contributed by atoms with Crippen LogP contribution in [0.3, 0.4) is 0 Å². The molecule has 352 valence electrons. The summed E-state index contributed by atoms with van der Waals surface area (Å²) in [5, 5.41) is 23.8. The molecule has 0 saturated carbocycles.